The summed E-state index contributed by atoms with van der Waals surface area (Å²) >= 11 is 0. The van der Waals surface area contributed by atoms with Crippen molar-refractivity contribution < 1.29 is 36.2 Å². The first-order chi connectivity index (χ1) is 15.2. The molecule has 2 aromatic carbocycles. The number of hydrogen-bond donors (Lipinski definition) is 0. The Bertz CT molecular complexity index is 888. The molecule has 10 heteroatoms. The topological polar surface area (TPSA) is 42.0 Å². The predicted octanol–water partition coefficient (Wildman–Crippen LogP) is 4.42. The largest absolute Gasteiger partial charge is 0.465 e. The van der Waals surface area contributed by atoms with E-state index in [4.69, 9.17) is 0 Å². The fourth-order valence-corrected chi connectivity index (χ4v) is 3.69. The van der Waals surface area contributed by atoms with Crippen molar-refractivity contribution in [2.75, 3.05) is 38.3 Å². The lowest BCUT2D eigenvalue weighted by Crippen LogP contribution is -2.55. The summed E-state index contributed by atoms with van der Waals surface area (Å²) in [6.07, 6.45) is -4.40. The highest BCUT2D eigenvalue weighted by atomic mass is 19.4. The third-order valence-electron chi connectivity index (χ3n) is 5.29. The number of carbonyl (C=O) groups excluding carboxylic acids is 1. The average molecular weight is 458 g/mol. The molecule has 5 nitrogen and oxygen atoms in total. The number of anilines is 1. The lowest BCUT2D eigenvalue weighted by atomic mass is 10.1. The molecule has 0 aliphatic carbocycles. The molecule has 0 aromatic heterocycles. The lowest BCUT2D eigenvalue weighted by Gasteiger charge is -2.42. The van der Waals surface area contributed by atoms with Crippen LogP contribution in [0.15, 0.2) is 48.5 Å². The van der Waals surface area contributed by atoms with Crippen molar-refractivity contribution in [1.82, 2.24) is 4.90 Å². The van der Waals surface area contributed by atoms with E-state index < -0.39 is 30.4 Å². The van der Waals surface area contributed by atoms with Gasteiger partial charge in [0.15, 0.2) is 0 Å². The smallest absolute Gasteiger partial charge is 0.416 e. The molecule has 174 valence electrons. The third kappa shape index (κ3) is 6.17. The van der Waals surface area contributed by atoms with Gasteiger partial charge >= 0.3 is 18.8 Å². The summed E-state index contributed by atoms with van der Waals surface area (Å²) in [4.78, 5) is 15.5. The van der Waals surface area contributed by atoms with E-state index in [1.165, 1.54) is 19.2 Å². The van der Waals surface area contributed by atoms with Crippen molar-refractivity contribution in [3.05, 3.63) is 65.2 Å². The highest BCUT2D eigenvalue weighted by Crippen LogP contribution is 2.29. The molecule has 0 spiro atoms. The molecule has 1 fully saturated rings. The first-order valence-corrected chi connectivity index (χ1v) is 9.90. The minimum Gasteiger partial charge on any atom is -0.465 e. The Labute approximate surface area is 182 Å². The van der Waals surface area contributed by atoms with Crippen LogP contribution in [0.5, 0.6) is 0 Å². The molecule has 1 aliphatic rings. The summed E-state index contributed by atoms with van der Waals surface area (Å²) < 4.78 is 72.9. The van der Waals surface area contributed by atoms with Crippen LogP contribution < -0.4 is 4.90 Å². The Morgan fingerprint density at radius 1 is 1.06 bits per heavy atom. The molecule has 0 radical (unpaired) electrons. The number of methoxy groups -OCH3 is 1. The summed E-state index contributed by atoms with van der Waals surface area (Å²) in [6.45, 7) is -1.30. The van der Waals surface area contributed by atoms with Gasteiger partial charge in [0.25, 0.3) is 0 Å². The molecule has 3 rings (SSSR count). The molecular weight excluding hydrogens is 435 g/mol. The first kappa shape index (κ1) is 23.9. The summed E-state index contributed by atoms with van der Waals surface area (Å²) in [7, 11) is 1.28. The van der Waals surface area contributed by atoms with E-state index in [-0.39, 0.29) is 6.61 Å². The van der Waals surface area contributed by atoms with Crippen LogP contribution in [0.25, 0.3) is 0 Å². The van der Waals surface area contributed by atoms with Crippen LogP contribution in [-0.4, -0.2) is 56.9 Å². The molecule has 0 amide bonds. The minimum absolute atomic E-state index is 0.222. The Morgan fingerprint density at radius 2 is 1.72 bits per heavy atom. The van der Waals surface area contributed by atoms with E-state index >= 15 is 0 Å². The molecule has 0 unspecified atom stereocenters. The molecular formula is C22H23F5N2O3. The molecule has 32 heavy (non-hydrogen) atoms. The number of hydrogen-bond acceptors (Lipinski definition) is 5. The second kappa shape index (κ2) is 10.3. The highest BCUT2D eigenvalue weighted by molar-refractivity contribution is 5.89. The van der Waals surface area contributed by atoms with Gasteiger partial charge in [-0.3, -0.25) is 4.90 Å². The van der Waals surface area contributed by atoms with Crippen molar-refractivity contribution >= 4 is 11.7 Å². The lowest BCUT2D eigenvalue weighted by molar-refractivity contribution is -0.137. The standard InChI is InChI=1S/C22H23F5N2O3/c1-31-20(30)16-4-8-18(9-5-16)29-11-10-28(13-19(29)14-32-21(23)24)12-15-2-6-17(7-3-15)22(25,26)27/h2-9,19,21H,10-14H2,1H3/t19-/m0/s1. The van der Waals surface area contributed by atoms with Crippen molar-refractivity contribution in [1.29, 1.82) is 0 Å². The quantitative estimate of drug-likeness (QED) is 0.454. The van der Waals surface area contributed by atoms with Gasteiger partial charge in [-0.1, -0.05) is 12.1 Å². The number of alkyl halides is 5. The normalized spacial score (nSPS) is 17.6. The maximum atomic E-state index is 12.8. The fraction of sp³-hybridized carbons (Fsp3) is 0.409. The van der Waals surface area contributed by atoms with E-state index in [2.05, 4.69) is 9.47 Å². The molecule has 2 aromatic rings. The molecule has 1 atom stereocenters. The molecule has 1 saturated heterocycles. The number of piperazine rings is 1. The van der Waals surface area contributed by atoms with Gasteiger partial charge in [0, 0.05) is 31.9 Å². The summed E-state index contributed by atoms with van der Waals surface area (Å²) in [5.74, 6) is -0.476. The first-order valence-electron chi connectivity index (χ1n) is 9.90. The summed E-state index contributed by atoms with van der Waals surface area (Å²) in [6, 6.07) is 11.1. The zero-order chi connectivity index (χ0) is 23.3. The maximum Gasteiger partial charge on any atom is 0.416 e. The number of benzene rings is 2. The molecule has 0 bridgehead atoms. The van der Waals surface area contributed by atoms with Crippen LogP contribution in [0.1, 0.15) is 21.5 Å². The van der Waals surface area contributed by atoms with Crippen LogP contribution in [0.2, 0.25) is 0 Å². The van der Waals surface area contributed by atoms with Crippen LogP contribution >= 0.6 is 0 Å². The van der Waals surface area contributed by atoms with Crippen LogP contribution in [0, 0.1) is 0 Å². The Hall–Kier alpha value is -2.72. The number of esters is 1. The number of ether oxygens (including phenoxy) is 2. The zero-order valence-electron chi connectivity index (χ0n) is 17.3. The SMILES string of the molecule is COC(=O)c1ccc(N2CCN(Cc3ccc(C(F)(F)F)cc3)C[C@H]2COC(F)F)cc1. The van der Waals surface area contributed by atoms with Gasteiger partial charge in [0.2, 0.25) is 0 Å². The molecule has 0 N–H and O–H groups in total. The van der Waals surface area contributed by atoms with Crippen molar-refractivity contribution in [2.24, 2.45) is 0 Å². The van der Waals surface area contributed by atoms with Gasteiger partial charge in [-0.05, 0) is 42.0 Å². The Kier molecular flexibility index (Phi) is 7.68. The Morgan fingerprint density at radius 3 is 2.28 bits per heavy atom. The summed E-state index contributed by atoms with van der Waals surface area (Å²) in [5, 5.41) is 0. The van der Waals surface area contributed by atoms with Crippen molar-refractivity contribution in [3.8, 4) is 0 Å². The molecule has 1 heterocycles. The third-order valence-corrected chi connectivity index (χ3v) is 5.29. The fourth-order valence-electron chi connectivity index (χ4n) is 3.69. The van der Waals surface area contributed by atoms with E-state index in [0.717, 1.165) is 17.8 Å². The predicted molar refractivity (Wildman–Crippen MR) is 108 cm³/mol. The van der Waals surface area contributed by atoms with Gasteiger partial charge in [-0.15, -0.1) is 0 Å². The zero-order valence-corrected chi connectivity index (χ0v) is 17.3. The minimum atomic E-state index is -4.40. The number of rotatable bonds is 7. The van der Waals surface area contributed by atoms with E-state index in [1.54, 1.807) is 24.3 Å². The van der Waals surface area contributed by atoms with Gasteiger partial charge in [-0.25, -0.2) is 4.79 Å². The van der Waals surface area contributed by atoms with E-state index in [0.29, 0.717) is 37.3 Å². The van der Waals surface area contributed by atoms with Crippen molar-refractivity contribution in [2.45, 2.75) is 25.4 Å². The van der Waals surface area contributed by atoms with Crippen LogP contribution in [0.3, 0.4) is 0 Å². The molecule has 1 aliphatic heterocycles. The van der Waals surface area contributed by atoms with Gasteiger partial charge in [0.1, 0.15) is 0 Å². The molecule has 0 saturated carbocycles. The maximum absolute atomic E-state index is 12.8. The second-order valence-corrected chi connectivity index (χ2v) is 7.41. The van der Waals surface area contributed by atoms with Gasteiger partial charge in [0.05, 0.1) is 30.9 Å². The monoisotopic (exact) mass is 458 g/mol. The average Bonchev–Trinajstić information content (AvgIpc) is 2.77. The summed E-state index contributed by atoms with van der Waals surface area (Å²) in [5.41, 5.74) is 1.10. The Balaban J connectivity index is 1.70. The van der Waals surface area contributed by atoms with Crippen LogP contribution in [-0.2, 0) is 22.2 Å². The number of carbonyl (C=O) groups is 1. The number of nitrogens with zero attached hydrogens (tertiary/aromatic N) is 2. The van der Waals surface area contributed by atoms with E-state index in [1.807, 2.05) is 9.80 Å². The van der Waals surface area contributed by atoms with Gasteiger partial charge < -0.3 is 14.4 Å². The van der Waals surface area contributed by atoms with E-state index in [9.17, 15) is 26.7 Å². The van der Waals surface area contributed by atoms with Gasteiger partial charge in [-0.2, -0.15) is 22.0 Å². The van der Waals surface area contributed by atoms with Crippen LogP contribution in [0.4, 0.5) is 27.6 Å². The highest BCUT2D eigenvalue weighted by Gasteiger charge is 2.31. The second-order valence-electron chi connectivity index (χ2n) is 7.41. The van der Waals surface area contributed by atoms with Crippen molar-refractivity contribution in [3.63, 3.8) is 0 Å². The number of halogens is 5.